The Labute approximate surface area is 230 Å². The van der Waals surface area contributed by atoms with Crippen molar-refractivity contribution in [3.63, 3.8) is 0 Å². The van der Waals surface area contributed by atoms with E-state index in [-0.39, 0.29) is 12.5 Å². The van der Waals surface area contributed by atoms with Crippen molar-refractivity contribution >= 4 is 5.91 Å². The van der Waals surface area contributed by atoms with Crippen LogP contribution in [0.3, 0.4) is 0 Å². The second kappa shape index (κ2) is 29.2. The molecule has 0 saturated carbocycles. The Balaban J connectivity index is 3.39. The fourth-order valence-corrected chi connectivity index (χ4v) is 4.54. The van der Waals surface area contributed by atoms with Crippen molar-refractivity contribution < 1.29 is 15.0 Å². The molecule has 4 heteroatoms. The Kier molecular flexibility index (Phi) is 28.1. The first-order valence-electron chi connectivity index (χ1n) is 15.6. The van der Waals surface area contributed by atoms with Crippen LogP contribution in [-0.2, 0) is 4.79 Å². The summed E-state index contributed by atoms with van der Waals surface area (Å²) < 4.78 is 0. The zero-order valence-corrected chi connectivity index (χ0v) is 24.5. The summed E-state index contributed by atoms with van der Waals surface area (Å²) in [6, 6.07) is -0.643. The molecule has 0 radical (unpaired) electrons. The largest absolute Gasteiger partial charge is 0.394 e. The Hall–Kier alpha value is -1.39. The van der Waals surface area contributed by atoms with Gasteiger partial charge in [-0.1, -0.05) is 140 Å². The molecular weight excluding hydrogens is 458 g/mol. The highest BCUT2D eigenvalue weighted by Gasteiger charge is 2.15. The minimum atomic E-state index is -0.864. The molecule has 0 aromatic carbocycles. The number of hydrogen-bond donors (Lipinski definition) is 3. The van der Waals surface area contributed by atoms with Crippen molar-refractivity contribution in [2.75, 3.05) is 6.61 Å². The lowest BCUT2D eigenvalue weighted by molar-refractivity contribution is -0.120. The predicted molar refractivity (Wildman–Crippen MR) is 161 cm³/mol. The van der Waals surface area contributed by atoms with Gasteiger partial charge in [-0.15, -0.1) is 0 Å². The molecule has 2 atom stereocenters. The normalized spacial score (nSPS) is 13.7. The summed E-state index contributed by atoms with van der Waals surface area (Å²) in [5.74, 6) is -0.256. The molecule has 37 heavy (non-hydrogen) atoms. The summed E-state index contributed by atoms with van der Waals surface area (Å²) in [5.41, 5.74) is 0. The molecule has 0 heterocycles. The minimum absolute atomic E-state index is 0.256. The maximum atomic E-state index is 11.0. The van der Waals surface area contributed by atoms with E-state index in [2.05, 4.69) is 36.5 Å². The number of amides is 1. The van der Waals surface area contributed by atoms with E-state index in [4.69, 9.17) is 0 Å². The zero-order chi connectivity index (χ0) is 27.2. The van der Waals surface area contributed by atoms with E-state index in [1.807, 2.05) is 6.08 Å². The summed E-state index contributed by atoms with van der Waals surface area (Å²) in [4.78, 5) is 11.0. The molecule has 0 rings (SSSR count). The van der Waals surface area contributed by atoms with Crippen LogP contribution in [0.2, 0.25) is 0 Å². The van der Waals surface area contributed by atoms with Gasteiger partial charge in [0.05, 0.1) is 18.8 Å². The van der Waals surface area contributed by atoms with Crippen LogP contribution in [0.1, 0.15) is 149 Å². The van der Waals surface area contributed by atoms with Crippen LogP contribution < -0.4 is 5.32 Å². The average Bonchev–Trinajstić information content (AvgIpc) is 2.89. The van der Waals surface area contributed by atoms with Gasteiger partial charge >= 0.3 is 0 Å². The molecule has 0 aliphatic heterocycles. The Bertz CT molecular complexity index is 570. The van der Waals surface area contributed by atoms with Crippen molar-refractivity contribution in [1.82, 2.24) is 5.32 Å². The fourth-order valence-electron chi connectivity index (χ4n) is 4.54. The van der Waals surface area contributed by atoms with Crippen LogP contribution in [-0.4, -0.2) is 34.9 Å². The second-order valence-electron chi connectivity index (χ2n) is 10.6. The summed E-state index contributed by atoms with van der Waals surface area (Å²) >= 11 is 0. The number of allylic oxidation sites excluding steroid dienone is 5. The maximum absolute atomic E-state index is 11.0. The Morgan fingerprint density at radius 3 is 1.41 bits per heavy atom. The van der Waals surface area contributed by atoms with Crippen LogP contribution >= 0.6 is 0 Å². The molecule has 0 bridgehead atoms. The smallest absolute Gasteiger partial charge is 0.217 e. The van der Waals surface area contributed by atoms with E-state index in [0.29, 0.717) is 0 Å². The van der Waals surface area contributed by atoms with E-state index in [1.54, 1.807) is 6.08 Å². The Morgan fingerprint density at radius 1 is 0.622 bits per heavy atom. The average molecular weight is 520 g/mol. The molecular formula is C33H61NO3. The lowest BCUT2D eigenvalue weighted by Crippen LogP contribution is -2.44. The van der Waals surface area contributed by atoms with Gasteiger partial charge in [0.25, 0.3) is 0 Å². The second-order valence-corrected chi connectivity index (χ2v) is 10.6. The summed E-state index contributed by atoms with van der Waals surface area (Å²) in [6.07, 6.45) is 39.6. The highest BCUT2D eigenvalue weighted by Crippen LogP contribution is 2.14. The van der Waals surface area contributed by atoms with E-state index in [9.17, 15) is 15.0 Å². The molecule has 4 nitrogen and oxygen atoms in total. The molecule has 0 aliphatic rings. The predicted octanol–water partition coefficient (Wildman–Crippen LogP) is 8.72. The van der Waals surface area contributed by atoms with Gasteiger partial charge in [-0.25, -0.2) is 0 Å². The molecule has 216 valence electrons. The van der Waals surface area contributed by atoms with Crippen LogP contribution in [0.4, 0.5) is 0 Å². The van der Waals surface area contributed by atoms with Crippen LogP contribution in [0.15, 0.2) is 36.5 Å². The van der Waals surface area contributed by atoms with Gasteiger partial charge in [-0.05, 0) is 38.5 Å². The van der Waals surface area contributed by atoms with E-state index in [0.717, 1.165) is 25.7 Å². The highest BCUT2D eigenvalue weighted by atomic mass is 16.3. The molecule has 0 saturated heterocycles. The molecule has 3 N–H and O–H groups in total. The molecule has 0 aromatic heterocycles. The summed E-state index contributed by atoms with van der Waals surface area (Å²) in [6.45, 7) is 3.38. The lowest BCUT2D eigenvalue weighted by Gasteiger charge is -2.18. The van der Waals surface area contributed by atoms with Gasteiger partial charge in [-0.2, -0.15) is 0 Å². The number of carbonyl (C=O) groups is 1. The topological polar surface area (TPSA) is 69.6 Å². The first-order valence-corrected chi connectivity index (χ1v) is 15.6. The fraction of sp³-hybridized carbons (Fsp3) is 0.788. The van der Waals surface area contributed by atoms with Crippen LogP contribution in [0.5, 0.6) is 0 Å². The van der Waals surface area contributed by atoms with Crippen molar-refractivity contribution in [2.45, 2.75) is 161 Å². The highest BCUT2D eigenvalue weighted by molar-refractivity contribution is 5.73. The molecule has 0 spiro atoms. The number of rotatable bonds is 27. The van der Waals surface area contributed by atoms with Gasteiger partial charge in [0.15, 0.2) is 0 Å². The third kappa shape index (κ3) is 27.5. The monoisotopic (exact) mass is 519 g/mol. The van der Waals surface area contributed by atoms with Crippen molar-refractivity contribution in [3.8, 4) is 0 Å². The van der Waals surface area contributed by atoms with E-state index < -0.39 is 12.1 Å². The maximum Gasteiger partial charge on any atom is 0.217 e. The number of aliphatic hydroxyl groups excluding tert-OH is 2. The van der Waals surface area contributed by atoms with Crippen molar-refractivity contribution in [1.29, 1.82) is 0 Å². The standard InChI is InChI=1S/C33H61NO3/c1-3-4-5-6-7-8-9-10-11-12-13-14-15-16-17-18-19-20-21-22-23-24-25-26-27-28-29-33(37)32(30-35)34-31(2)36/h20-21,24-25,28-29,32-33,35,37H,3-19,22-23,26-27,30H2,1-2H3,(H,34,36)/b21-20+,25-24+,29-28+. The lowest BCUT2D eigenvalue weighted by atomic mass is 10.0. The minimum Gasteiger partial charge on any atom is -0.394 e. The van der Waals surface area contributed by atoms with Crippen molar-refractivity contribution in [2.24, 2.45) is 0 Å². The SMILES string of the molecule is CCCCCCCCCCCCCCCCCC/C=C/CC/C=C/CC/C=C/C(O)C(CO)NC(C)=O. The first kappa shape index (κ1) is 35.6. The van der Waals surface area contributed by atoms with E-state index >= 15 is 0 Å². The first-order chi connectivity index (χ1) is 18.1. The molecule has 0 fully saturated rings. The molecule has 0 aliphatic carbocycles. The van der Waals surface area contributed by atoms with Crippen LogP contribution in [0.25, 0.3) is 0 Å². The number of aliphatic hydroxyl groups is 2. The number of hydrogen-bond acceptors (Lipinski definition) is 3. The van der Waals surface area contributed by atoms with Gasteiger partial charge in [-0.3, -0.25) is 4.79 Å². The quantitative estimate of drug-likeness (QED) is 0.0750. The van der Waals surface area contributed by atoms with Crippen LogP contribution in [0, 0.1) is 0 Å². The number of carbonyl (C=O) groups excluding carboxylic acids is 1. The Morgan fingerprint density at radius 2 is 1.00 bits per heavy atom. The van der Waals surface area contributed by atoms with Gasteiger partial charge in [0.1, 0.15) is 0 Å². The van der Waals surface area contributed by atoms with Crippen molar-refractivity contribution in [3.05, 3.63) is 36.5 Å². The molecule has 1 amide bonds. The zero-order valence-electron chi connectivity index (χ0n) is 24.5. The van der Waals surface area contributed by atoms with Gasteiger partial charge in [0.2, 0.25) is 5.91 Å². The third-order valence-corrected chi connectivity index (χ3v) is 6.89. The number of unbranched alkanes of at least 4 members (excludes halogenated alkanes) is 18. The van der Waals surface area contributed by atoms with E-state index in [1.165, 1.54) is 116 Å². The van der Waals surface area contributed by atoms with Gasteiger partial charge in [0, 0.05) is 6.92 Å². The summed E-state index contributed by atoms with van der Waals surface area (Å²) in [7, 11) is 0. The number of nitrogens with one attached hydrogen (secondary N) is 1. The molecule has 2 unspecified atom stereocenters. The van der Waals surface area contributed by atoms with Gasteiger partial charge < -0.3 is 15.5 Å². The third-order valence-electron chi connectivity index (χ3n) is 6.89. The summed E-state index contributed by atoms with van der Waals surface area (Å²) in [5, 5.41) is 21.7. The molecule has 0 aromatic rings.